The molecule has 0 saturated carbocycles. The molecule has 0 aliphatic rings. The lowest BCUT2D eigenvalue weighted by Crippen LogP contribution is -2.21. The van der Waals surface area contributed by atoms with Gasteiger partial charge in [0, 0.05) is 54.2 Å². The van der Waals surface area contributed by atoms with Crippen LogP contribution in [0.2, 0.25) is 0 Å². The number of phenolic OH excluding ortho intramolecular Hbond substituents is 1. The van der Waals surface area contributed by atoms with Crippen molar-refractivity contribution in [3.05, 3.63) is 71.8 Å². The second kappa shape index (κ2) is 10.9. The zero-order chi connectivity index (χ0) is 25.8. The molecule has 3 aromatic carbocycles. The molecular formula is C31H38N4O. The van der Waals surface area contributed by atoms with Crippen LogP contribution < -0.4 is 9.80 Å². The number of hydrogen-bond acceptors (Lipinski definition) is 4. The van der Waals surface area contributed by atoms with Crippen LogP contribution in [0.1, 0.15) is 38.8 Å². The average molecular weight is 483 g/mol. The molecule has 0 aliphatic carbocycles. The van der Waals surface area contributed by atoms with Crippen molar-refractivity contribution in [3.8, 4) is 39.7 Å². The lowest BCUT2D eigenvalue weighted by Gasteiger charge is -2.23. The summed E-state index contributed by atoms with van der Waals surface area (Å²) in [6.45, 7) is 17.0. The molecule has 0 atom stereocenters. The first-order valence-corrected chi connectivity index (χ1v) is 13.0. The molecule has 0 radical (unpaired) electrons. The van der Waals surface area contributed by atoms with Gasteiger partial charge in [0.15, 0.2) is 0 Å². The fourth-order valence-electron chi connectivity index (χ4n) is 4.93. The first kappa shape index (κ1) is 25.4. The van der Waals surface area contributed by atoms with E-state index >= 15 is 0 Å². The second-order valence-corrected chi connectivity index (χ2v) is 9.20. The first-order chi connectivity index (χ1) is 17.4. The molecule has 1 aromatic heterocycles. The summed E-state index contributed by atoms with van der Waals surface area (Å²) >= 11 is 0. The van der Waals surface area contributed by atoms with Gasteiger partial charge < -0.3 is 19.9 Å². The molecule has 0 bridgehead atoms. The maximum atomic E-state index is 9.78. The van der Waals surface area contributed by atoms with Crippen LogP contribution in [0.3, 0.4) is 0 Å². The molecule has 2 N–H and O–H groups in total. The van der Waals surface area contributed by atoms with Crippen molar-refractivity contribution in [2.24, 2.45) is 0 Å². The van der Waals surface area contributed by atoms with Gasteiger partial charge in [0.2, 0.25) is 0 Å². The lowest BCUT2D eigenvalue weighted by atomic mass is 9.97. The number of aromatic amines is 1. The summed E-state index contributed by atoms with van der Waals surface area (Å²) in [5.74, 6) is 1.04. The minimum Gasteiger partial charge on any atom is -0.508 e. The Morgan fingerprint density at radius 2 is 1.19 bits per heavy atom. The monoisotopic (exact) mass is 482 g/mol. The average Bonchev–Trinajstić information content (AvgIpc) is 3.31. The molecular weight excluding hydrogens is 444 g/mol. The second-order valence-electron chi connectivity index (χ2n) is 9.20. The van der Waals surface area contributed by atoms with Crippen LogP contribution in [-0.2, 0) is 0 Å². The Hall–Kier alpha value is -3.73. The molecule has 0 spiro atoms. The summed E-state index contributed by atoms with van der Waals surface area (Å²) < 4.78 is 0. The fraction of sp³-hybridized carbons (Fsp3) is 0.323. The number of hydrogen-bond donors (Lipinski definition) is 2. The summed E-state index contributed by atoms with van der Waals surface area (Å²) in [5, 5.41) is 9.78. The molecule has 4 rings (SSSR count). The van der Waals surface area contributed by atoms with Crippen LogP contribution in [0, 0.1) is 13.8 Å². The molecule has 1 heterocycles. The van der Waals surface area contributed by atoms with E-state index in [-0.39, 0.29) is 5.75 Å². The number of aromatic hydroxyl groups is 1. The van der Waals surface area contributed by atoms with Crippen LogP contribution >= 0.6 is 0 Å². The van der Waals surface area contributed by atoms with Gasteiger partial charge in [-0.3, -0.25) is 0 Å². The maximum Gasteiger partial charge on any atom is 0.138 e. The highest BCUT2D eigenvalue weighted by Gasteiger charge is 2.19. The van der Waals surface area contributed by atoms with Gasteiger partial charge in [-0.15, -0.1) is 0 Å². The van der Waals surface area contributed by atoms with Gasteiger partial charge in [-0.1, -0.05) is 12.1 Å². The quantitative estimate of drug-likeness (QED) is 0.260. The molecule has 0 fully saturated rings. The van der Waals surface area contributed by atoms with Crippen molar-refractivity contribution in [2.45, 2.75) is 41.5 Å². The van der Waals surface area contributed by atoms with E-state index in [1.807, 2.05) is 12.1 Å². The maximum absolute atomic E-state index is 9.78. The molecule has 4 aromatic rings. The molecule has 36 heavy (non-hydrogen) atoms. The number of anilines is 2. The van der Waals surface area contributed by atoms with Crippen molar-refractivity contribution in [2.75, 3.05) is 36.0 Å². The Morgan fingerprint density at radius 1 is 0.694 bits per heavy atom. The Morgan fingerprint density at radius 3 is 1.67 bits per heavy atom. The highest BCUT2D eigenvalue weighted by molar-refractivity contribution is 5.85. The van der Waals surface area contributed by atoms with E-state index in [1.54, 1.807) is 12.1 Å². The third-order valence-corrected chi connectivity index (χ3v) is 7.05. The number of aryl methyl sites for hydroxylation is 2. The van der Waals surface area contributed by atoms with Gasteiger partial charge in [0.25, 0.3) is 0 Å². The SMILES string of the molecule is CCN(CC)c1ccc(-c2nc(-c3ccc(O)cc3)[nH]c2-c2ccc(N(CC)CC)cc2C)c(C)c1. The first-order valence-electron chi connectivity index (χ1n) is 13.0. The van der Waals surface area contributed by atoms with Gasteiger partial charge in [-0.2, -0.15) is 0 Å². The van der Waals surface area contributed by atoms with Crippen molar-refractivity contribution in [3.63, 3.8) is 0 Å². The Balaban J connectivity index is 1.87. The third-order valence-electron chi connectivity index (χ3n) is 7.05. The smallest absolute Gasteiger partial charge is 0.138 e. The number of nitrogens with one attached hydrogen (secondary N) is 1. The van der Waals surface area contributed by atoms with Gasteiger partial charge in [0.05, 0.1) is 11.4 Å². The van der Waals surface area contributed by atoms with Crippen molar-refractivity contribution in [1.29, 1.82) is 0 Å². The van der Waals surface area contributed by atoms with Gasteiger partial charge in [-0.25, -0.2) is 4.98 Å². The predicted molar refractivity (Wildman–Crippen MR) is 153 cm³/mol. The lowest BCUT2D eigenvalue weighted by molar-refractivity contribution is 0.475. The van der Waals surface area contributed by atoms with E-state index in [1.165, 1.54) is 22.5 Å². The van der Waals surface area contributed by atoms with Crippen molar-refractivity contribution in [1.82, 2.24) is 9.97 Å². The molecule has 0 amide bonds. The van der Waals surface area contributed by atoms with Crippen molar-refractivity contribution >= 4 is 11.4 Å². The molecule has 5 nitrogen and oxygen atoms in total. The van der Waals surface area contributed by atoms with Crippen LogP contribution in [0.5, 0.6) is 5.75 Å². The van der Waals surface area contributed by atoms with Crippen LogP contribution in [-0.4, -0.2) is 41.3 Å². The number of rotatable bonds is 9. The van der Waals surface area contributed by atoms with E-state index in [2.05, 4.69) is 92.7 Å². The summed E-state index contributed by atoms with van der Waals surface area (Å²) in [6.07, 6.45) is 0. The molecule has 0 saturated heterocycles. The Kier molecular flexibility index (Phi) is 7.68. The highest BCUT2D eigenvalue weighted by atomic mass is 16.3. The topological polar surface area (TPSA) is 55.4 Å². The van der Waals surface area contributed by atoms with Crippen LogP contribution in [0.4, 0.5) is 11.4 Å². The predicted octanol–water partition coefficient (Wildman–Crippen LogP) is 7.43. The minimum absolute atomic E-state index is 0.247. The number of imidazole rings is 1. The number of phenols is 1. The summed E-state index contributed by atoms with van der Waals surface area (Å²) in [4.78, 5) is 13.4. The molecule has 0 aliphatic heterocycles. The number of benzene rings is 3. The van der Waals surface area contributed by atoms with E-state index in [9.17, 15) is 5.11 Å². The van der Waals surface area contributed by atoms with Gasteiger partial charge in [0.1, 0.15) is 11.6 Å². The highest BCUT2D eigenvalue weighted by Crippen LogP contribution is 2.38. The number of nitrogens with zero attached hydrogens (tertiary/aromatic N) is 3. The molecule has 188 valence electrons. The number of aromatic nitrogens is 2. The standard InChI is InChI=1S/C31H38N4O/c1-7-34(8-2)24-13-17-27(21(5)19-24)29-30(33-31(32-29)23-11-15-26(36)16-12-23)28-18-14-25(20-22(28)6)35(9-3)10-4/h11-20,36H,7-10H2,1-6H3,(H,32,33). The van der Waals surface area contributed by atoms with E-state index < -0.39 is 0 Å². The number of H-pyrrole nitrogens is 1. The van der Waals surface area contributed by atoms with Gasteiger partial charge >= 0.3 is 0 Å². The van der Waals surface area contributed by atoms with Crippen LogP contribution in [0.25, 0.3) is 33.9 Å². The van der Waals surface area contributed by atoms with Crippen LogP contribution in [0.15, 0.2) is 60.7 Å². The Bertz CT molecular complexity index is 1240. The fourth-order valence-corrected chi connectivity index (χ4v) is 4.93. The Labute approximate surface area is 215 Å². The largest absolute Gasteiger partial charge is 0.508 e. The normalized spacial score (nSPS) is 11.1. The van der Waals surface area contributed by atoms with E-state index in [4.69, 9.17) is 4.98 Å². The third kappa shape index (κ3) is 4.97. The summed E-state index contributed by atoms with van der Waals surface area (Å²) in [6, 6.07) is 20.5. The van der Waals surface area contributed by atoms with Gasteiger partial charge in [-0.05, 0) is 101 Å². The molecule has 5 heteroatoms. The van der Waals surface area contributed by atoms with Crippen molar-refractivity contribution < 1.29 is 5.11 Å². The zero-order valence-corrected chi connectivity index (χ0v) is 22.4. The summed E-state index contributed by atoms with van der Waals surface area (Å²) in [7, 11) is 0. The zero-order valence-electron chi connectivity index (χ0n) is 22.4. The van der Waals surface area contributed by atoms with E-state index in [0.717, 1.165) is 60.1 Å². The minimum atomic E-state index is 0.247. The summed E-state index contributed by atoms with van der Waals surface area (Å²) in [5.41, 5.74) is 10.0. The van der Waals surface area contributed by atoms with E-state index in [0.29, 0.717) is 0 Å². The molecule has 0 unspecified atom stereocenters.